The predicted octanol–water partition coefficient (Wildman–Crippen LogP) is 3.28. The molecule has 20 heavy (non-hydrogen) atoms. The van der Waals surface area contributed by atoms with Crippen LogP contribution >= 0.6 is 35.4 Å². The van der Waals surface area contributed by atoms with Gasteiger partial charge in [-0.05, 0) is 24.4 Å². The third-order valence-corrected chi connectivity index (χ3v) is 3.88. The average molecular weight is 333 g/mol. The van der Waals surface area contributed by atoms with Gasteiger partial charge in [0.15, 0.2) is 4.77 Å². The molecule has 1 aromatic heterocycles. The third kappa shape index (κ3) is 3.08. The third-order valence-electron chi connectivity index (χ3n) is 2.83. The minimum Gasteiger partial charge on any atom is -0.336 e. The lowest BCUT2D eigenvalue weighted by Crippen LogP contribution is -2.36. The predicted molar refractivity (Wildman–Crippen MR) is 84.2 cm³/mol. The summed E-state index contributed by atoms with van der Waals surface area (Å²) in [4.78, 5) is 16.0. The van der Waals surface area contributed by atoms with Crippen molar-refractivity contribution in [2.75, 3.05) is 20.6 Å². The maximum Gasteiger partial charge on any atom is 0.316 e. The van der Waals surface area contributed by atoms with Crippen LogP contribution in [-0.4, -0.2) is 41.1 Å². The molecule has 0 radical (unpaired) electrons. The molecule has 0 bridgehead atoms. The fourth-order valence-corrected chi connectivity index (χ4v) is 2.43. The minimum absolute atomic E-state index is 0.141. The quantitative estimate of drug-likeness (QED) is 0.847. The molecule has 2 amide bonds. The summed E-state index contributed by atoms with van der Waals surface area (Å²) in [6.45, 7) is 1.02. The zero-order chi connectivity index (χ0) is 14.9. The summed E-state index contributed by atoms with van der Waals surface area (Å²) < 4.78 is 2.44. The van der Waals surface area contributed by atoms with Gasteiger partial charge >= 0.3 is 6.03 Å². The van der Waals surface area contributed by atoms with E-state index < -0.39 is 0 Å². The van der Waals surface area contributed by atoms with Gasteiger partial charge in [0, 0.05) is 27.2 Å². The summed E-state index contributed by atoms with van der Waals surface area (Å²) in [5, 5.41) is 3.73. The van der Waals surface area contributed by atoms with Gasteiger partial charge < -0.3 is 19.8 Å². The number of imidazole rings is 1. The molecule has 5 nitrogen and oxygen atoms in total. The number of benzene rings is 1. The summed E-state index contributed by atoms with van der Waals surface area (Å²) in [6.07, 6.45) is 0. The summed E-state index contributed by atoms with van der Waals surface area (Å²) in [7, 11) is 3.38. The first-order chi connectivity index (χ1) is 9.40. The second kappa shape index (κ2) is 6.03. The SMILES string of the molecule is CN(C)C(=O)NCCn1c(=S)[nH]c2cc(Cl)c(Cl)cc21. The molecule has 2 rings (SSSR count). The number of rotatable bonds is 3. The lowest BCUT2D eigenvalue weighted by atomic mass is 10.3. The van der Waals surface area contributed by atoms with Crippen molar-refractivity contribution in [2.45, 2.75) is 6.54 Å². The van der Waals surface area contributed by atoms with Gasteiger partial charge in [-0.3, -0.25) is 0 Å². The number of urea groups is 1. The van der Waals surface area contributed by atoms with Gasteiger partial charge in [0.05, 0.1) is 21.1 Å². The highest BCUT2D eigenvalue weighted by molar-refractivity contribution is 7.71. The Morgan fingerprint density at radius 3 is 2.70 bits per heavy atom. The molecule has 0 unspecified atom stereocenters. The standard InChI is InChI=1S/C12H14Cl2N4OS/c1-17(2)11(19)15-3-4-18-10-6-8(14)7(13)5-9(10)16-12(18)20/h5-6H,3-4H2,1-2H3,(H,15,19)(H,16,20). The second-order valence-electron chi connectivity index (χ2n) is 4.49. The molecule has 0 saturated carbocycles. The maximum atomic E-state index is 11.5. The molecule has 8 heteroatoms. The van der Waals surface area contributed by atoms with Crippen LogP contribution in [0.2, 0.25) is 10.0 Å². The van der Waals surface area contributed by atoms with Crippen LogP contribution in [0.4, 0.5) is 4.79 Å². The van der Waals surface area contributed by atoms with E-state index in [0.717, 1.165) is 11.0 Å². The van der Waals surface area contributed by atoms with Gasteiger partial charge in [-0.15, -0.1) is 0 Å². The molecule has 108 valence electrons. The number of halogens is 2. The molecule has 0 aliphatic carbocycles. The summed E-state index contributed by atoms with van der Waals surface area (Å²) in [5.74, 6) is 0. The van der Waals surface area contributed by atoms with E-state index in [4.69, 9.17) is 35.4 Å². The Bertz CT molecular complexity index is 707. The van der Waals surface area contributed by atoms with Gasteiger partial charge in [0.2, 0.25) is 0 Å². The molecular formula is C12H14Cl2N4OS. The number of H-pyrrole nitrogens is 1. The monoisotopic (exact) mass is 332 g/mol. The molecule has 2 aromatic rings. The van der Waals surface area contributed by atoms with Gasteiger partial charge in [-0.2, -0.15) is 0 Å². The van der Waals surface area contributed by atoms with E-state index in [1.807, 2.05) is 4.57 Å². The van der Waals surface area contributed by atoms with Crippen LogP contribution in [0.15, 0.2) is 12.1 Å². The van der Waals surface area contributed by atoms with E-state index >= 15 is 0 Å². The Hall–Kier alpha value is -1.24. The fraction of sp³-hybridized carbons (Fsp3) is 0.333. The van der Waals surface area contributed by atoms with Crippen LogP contribution in [0.3, 0.4) is 0 Å². The van der Waals surface area contributed by atoms with E-state index in [2.05, 4.69) is 10.3 Å². The fourth-order valence-electron chi connectivity index (χ4n) is 1.81. The molecule has 1 aromatic carbocycles. The lowest BCUT2D eigenvalue weighted by molar-refractivity contribution is 0.217. The topological polar surface area (TPSA) is 53.1 Å². The summed E-state index contributed by atoms with van der Waals surface area (Å²) >= 11 is 17.3. The Labute approximate surface area is 131 Å². The second-order valence-corrected chi connectivity index (χ2v) is 5.69. The van der Waals surface area contributed by atoms with Crippen molar-refractivity contribution in [3.8, 4) is 0 Å². The van der Waals surface area contributed by atoms with Gasteiger partial charge in [0.25, 0.3) is 0 Å². The van der Waals surface area contributed by atoms with E-state index in [1.165, 1.54) is 4.90 Å². The molecule has 0 saturated heterocycles. The van der Waals surface area contributed by atoms with Gasteiger partial charge in [0.1, 0.15) is 0 Å². The highest BCUT2D eigenvalue weighted by Gasteiger charge is 2.09. The van der Waals surface area contributed by atoms with Gasteiger partial charge in [-0.1, -0.05) is 23.2 Å². The smallest absolute Gasteiger partial charge is 0.316 e. The first kappa shape index (κ1) is 15.2. The number of aromatic amines is 1. The number of aromatic nitrogens is 2. The van der Waals surface area contributed by atoms with Crippen molar-refractivity contribution in [3.05, 3.63) is 26.9 Å². The summed E-state index contributed by atoms with van der Waals surface area (Å²) in [6, 6.07) is 3.36. The minimum atomic E-state index is -0.141. The van der Waals surface area contributed by atoms with Crippen LogP contribution < -0.4 is 5.32 Å². The number of carbonyl (C=O) groups is 1. The summed E-state index contributed by atoms with van der Waals surface area (Å²) in [5.41, 5.74) is 1.69. The number of hydrogen-bond acceptors (Lipinski definition) is 2. The molecule has 1 heterocycles. The van der Waals surface area contributed by atoms with E-state index in [0.29, 0.717) is 27.9 Å². The van der Waals surface area contributed by atoms with Crippen LogP contribution in [-0.2, 0) is 6.54 Å². The van der Waals surface area contributed by atoms with Crippen molar-refractivity contribution in [1.82, 2.24) is 19.8 Å². The van der Waals surface area contributed by atoms with Crippen LogP contribution in [0.25, 0.3) is 11.0 Å². The number of fused-ring (bicyclic) bond motifs is 1. The number of nitrogens with one attached hydrogen (secondary N) is 2. The molecule has 0 spiro atoms. The van der Waals surface area contributed by atoms with E-state index in [9.17, 15) is 4.79 Å². The average Bonchev–Trinajstić information content (AvgIpc) is 2.66. The zero-order valence-electron chi connectivity index (χ0n) is 11.0. The first-order valence-corrected chi connectivity index (χ1v) is 7.09. The van der Waals surface area contributed by atoms with Crippen molar-refractivity contribution in [2.24, 2.45) is 0 Å². The molecule has 2 N–H and O–H groups in total. The molecular weight excluding hydrogens is 319 g/mol. The Balaban J connectivity index is 2.22. The first-order valence-electron chi connectivity index (χ1n) is 5.93. The number of hydrogen-bond donors (Lipinski definition) is 2. The maximum absolute atomic E-state index is 11.5. The highest BCUT2D eigenvalue weighted by Crippen LogP contribution is 2.27. The highest BCUT2D eigenvalue weighted by atomic mass is 35.5. The van der Waals surface area contributed by atoms with Crippen molar-refractivity contribution in [3.63, 3.8) is 0 Å². The molecule has 0 atom stereocenters. The van der Waals surface area contributed by atoms with E-state index in [-0.39, 0.29) is 6.03 Å². The molecule has 0 fully saturated rings. The van der Waals surface area contributed by atoms with Crippen molar-refractivity contribution < 1.29 is 4.79 Å². The zero-order valence-corrected chi connectivity index (χ0v) is 13.4. The van der Waals surface area contributed by atoms with Crippen molar-refractivity contribution in [1.29, 1.82) is 0 Å². The normalized spacial score (nSPS) is 10.8. The Morgan fingerprint density at radius 2 is 2.05 bits per heavy atom. The van der Waals surface area contributed by atoms with Gasteiger partial charge in [-0.25, -0.2) is 4.79 Å². The lowest BCUT2D eigenvalue weighted by Gasteiger charge is -2.12. The van der Waals surface area contributed by atoms with Crippen LogP contribution in [0, 0.1) is 4.77 Å². The largest absolute Gasteiger partial charge is 0.336 e. The Morgan fingerprint density at radius 1 is 1.40 bits per heavy atom. The Kier molecular flexibility index (Phi) is 4.57. The van der Waals surface area contributed by atoms with Crippen LogP contribution in [0.5, 0.6) is 0 Å². The van der Waals surface area contributed by atoms with E-state index in [1.54, 1.807) is 26.2 Å². The number of nitrogens with zero attached hydrogens (tertiary/aromatic N) is 2. The molecule has 0 aliphatic rings. The van der Waals surface area contributed by atoms with Crippen molar-refractivity contribution >= 4 is 52.5 Å². The molecule has 0 aliphatic heterocycles. The van der Waals surface area contributed by atoms with Crippen LogP contribution in [0.1, 0.15) is 0 Å². The number of amides is 2. The number of carbonyl (C=O) groups excluding carboxylic acids is 1.